The van der Waals surface area contributed by atoms with Gasteiger partial charge in [-0.25, -0.2) is 0 Å². The summed E-state index contributed by atoms with van der Waals surface area (Å²) in [6, 6.07) is 16.0. The fourth-order valence-corrected chi connectivity index (χ4v) is 4.93. The average Bonchev–Trinajstić information content (AvgIpc) is 3.29. The standard InChI is InChI=1S/C23H27ClN2O2/c1-25-21(18-7-9-19(24)10-8-18)26(22(27)23(25)14-3-4-15-23)16-13-17-5-11-20(28-2)12-6-17/h5-12,21H,3-4,13-16H2,1-2H3. The van der Waals surface area contributed by atoms with Gasteiger partial charge in [-0.15, -0.1) is 0 Å². The Morgan fingerprint density at radius 1 is 1.07 bits per heavy atom. The van der Waals surface area contributed by atoms with E-state index in [1.54, 1.807) is 7.11 Å². The molecule has 1 aliphatic carbocycles. The molecule has 0 bridgehead atoms. The van der Waals surface area contributed by atoms with E-state index in [2.05, 4.69) is 29.0 Å². The third-order valence-electron chi connectivity index (χ3n) is 6.40. The smallest absolute Gasteiger partial charge is 0.244 e. The van der Waals surface area contributed by atoms with E-state index in [-0.39, 0.29) is 17.6 Å². The highest BCUT2D eigenvalue weighted by Crippen LogP contribution is 2.47. The highest BCUT2D eigenvalue weighted by molar-refractivity contribution is 6.30. The van der Waals surface area contributed by atoms with E-state index in [0.717, 1.165) is 48.4 Å². The Morgan fingerprint density at radius 3 is 2.32 bits per heavy atom. The van der Waals surface area contributed by atoms with Crippen molar-refractivity contribution >= 4 is 17.5 Å². The molecule has 2 aromatic carbocycles. The summed E-state index contributed by atoms with van der Waals surface area (Å²) in [5, 5.41) is 0.719. The van der Waals surface area contributed by atoms with Gasteiger partial charge in [0, 0.05) is 11.6 Å². The summed E-state index contributed by atoms with van der Waals surface area (Å²) < 4.78 is 5.24. The van der Waals surface area contributed by atoms with Crippen LogP contribution in [0.3, 0.4) is 0 Å². The molecule has 2 fully saturated rings. The number of hydrogen-bond acceptors (Lipinski definition) is 3. The Balaban J connectivity index is 1.61. The molecule has 0 aromatic heterocycles. The minimum absolute atomic E-state index is 0.0406. The lowest BCUT2D eigenvalue weighted by Gasteiger charge is -2.32. The van der Waals surface area contributed by atoms with Crippen molar-refractivity contribution in [1.82, 2.24) is 9.80 Å². The second-order valence-corrected chi connectivity index (χ2v) is 8.31. The van der Waals surface area contributed by atoms with E-state index >= 15 is 0 Å². The molecule has 1 spiro atoms. The molecule has 148 valence electrons. The maximum atomic E-state index is 13.6. The Morgan fingerprint density at radius 2 is 1.71 bits per heavy atom. The molecular formula is C23H27ClN2O2. The summed E-state index contributed by atoms with van der Waals surface area (Å²) >= 11 is 6.10. The number of methoxy groups -OCH3 is 1. The van der Waals surface area contributed by atoms with Crippen LogP contribution in [0.4, 0.5) is 0 Å². The molecule has 2 aliphatic rings. The zero-order valence-electron chi connectivity index (χ0n) is 16.5. The third-order valence-corrected chi connectivity index (χ3v) is 6.65. The number of benzene rings is 2. The molecule has 1 atom stereocenters. The number of ether oxygens (including phenoxy) is 1. The van der Waals surface area contributed by atoms with Gasteiger partial charge in [0.2, 0.25) is 5.91 Å². The van der Waals surface area contributed by atoms with Crippen LogP contribution < -0.4 is 4.74 Å². The number of rotatable bonds is 5. The van der Waals surface area contributed by atoms with Crippen molar-refractivity contribution in [3.63, 3.8) is 0 Å². The number of carbonyl (C=O) groups is 1. The first-order chi connectivity index (χ1) is 13.5. The van der Waals surface area contributed by atoms with Crippen LogP contribution in [0.2, 0.25) is 5.02 Å². The topological polar surface area (TPSA) is 32.8 Å². The first-order valence-corrected chi connectivity index (χ1v) is 10.4. The lowest BCUT2D eigenvalue weighted by atomic mass is 9.96. The fourth-order valence-electron chi connectivity index (χ4n) is 4.80. The second kappa shape index (κ2) is 7.76. The zero-order valence-corrected chi connectivity index (χ0v) is 17.3. The van der Waals surface area contributed by atoms with Gasteiger partial charge in [-0.1, -0.05) is 48.7 Å². The molecule has 0 N–H and O–H groups in total. The molecule has 0 radical (unpaired) electrons. The van der Waals surface area contributed by atoms with Gasteiger partial charge < -0.3 is 9.64 Å². The van der Waals surface area contributed by atoms with Crippen LogP contribution in [0.15, 0.2) is 48.5 Å². The number of likely N-dealkylation sites (N-methyl/N-ethyl adjacent to an activating group) is 1. The Labute approximate surface area is 172 Å². The van der Waals surface area contributed by atoms with Crippen molar-refractivity contribution in [3.8, 4) is 5.75 Å². The summed E-state index contributed by atoms with van der Waals surface area (Å²) in [6.45, 7) is 0.699. The molecule has 28 heavy (non-hydrogen) atoms. The summed E-state index contributed by atoms with van der Waals surface area (Å²) in [5.41, 5.74) is 1.99. The Kier molecular flexibility index (Phi) is 5.35. The molecule has 1 aliphatic heterocycles. The lowest BCUT2D eigenvalue weighted by Crippen LogP contribution is -2.45. The van der Waals surface area contributed by atoms with Crippen molar-refractivity contribution in [2.24, 2.45) is 0 Å². The number of carbonyl (C=O) groups excluding carboxylic acids is 1. The molecule has 1 heterocycles. The predicted molar refractivity (Wildman–Crippen MR) is 112 cm³/mol. The van der Waals surface area contributed by atoms with Crippen LogP contribution in [-0.2, 0) is 11.2 Å². The van der Waals surface area contributed by atoms with E-state index in [1.807, 2.05) is 36.4 Å². The van der Waals surface area contributed by atoms with Crippen molar-refractivity contribution in [1.29, 1.82) is 0 Å². The second-order valence-electron chi connectivity index (χ2n) is 7.87. The third kappa shape index (κ3) is 3.29. The van der Waals surface area contributed by atoms with Crippen LogP contribution >= 0.6 is 11.6 Å². The number of nitrogens with zero attached hydrogens (tertiary/aromatic N) is 2. The summed E-state index contributed by atoms with van der Waals surface area (Å²) in [6.07, 6.45) is 4.92. The lowest BCUT2D eigenvalue weighted by molar-refractivity contribution is -0.133. The first-order valence-electron chi connectivity index (χ1n) is 9.97. The van der Waals surface area contributed by atoms with Gasteiger partial charge in [-0.3, -0.25) is 9.69 Å². The van der Waals surface area contributed by atoms with E-state index in [9.17, 15) is 4.79 Å². The molecule has 5 heteroatoms. The van der Waals surface area contributed by atoms with Crippen LogP contribution in [0.1, 0.15) is 43.0 Å². The monoisotopic (exact) mass is 398 g/mol. The number of halogens is 1. The maximum absolute atomic E-state index is 13.6. The van der Waals surface area contributed by atoms with Crippen LogP contribution in [-0.4, -0.2) is 41.9 Å². The van der Waals surface area contributed by atoms with Gasteiger partial charge in [0.1, 0.15) is 17.5 Å². The average molecular weight is 399 g/mol. The Hall–Kier alpha value is -2.04. The molecule has 4 rings (SSSR count). The van der Waals surface area contributed by atoms with E-state index in [4.69, 9.17) is 16.3 Å². The Bertz CT molecular complexity index is 829. The quantitative estimate of drug-likeness (QED) is 0.733. The van der Waals surface area contributed by atoms with Crippen LogP contribution in [0.25, 0.3) is 0 Å². The van der Waals surface area contributed by atoms with E-state index < -0.39 is 0 Å². The van der Waals surface area contributed by atoms with Crippen molar-refractivity contribution < 1.29 is 9.53 Å². The van der Waals surface area contributed by atoms with Gasteiger partial charge in [-0.05, 0) is 61.7 Å². The van der Waals surface area contributed by atoms with Crippen molar-refractivity contribution in [2.75, 3.05) is 20.7 Å². The van der Waals surface area contributed by atoms with E-state index in [0.29, 0.717) is 6.54 Å². The van der Waals surface area contributed by atoms with Crippen molar-refractivity contribution in [2.45, 2.75) is 43.8 Å². The maximum Gasteiger partial charge on any atom is 0.244 e. The summed E-state index contributed by atoms with van der Waals surface area (Å²) in [5.74, 6) is 1.13. The molecule has 1 saturated heterocycles. The van der Waals surface area contributed by atoms with Gasteiger partial charge in [-0.2, -0.15) is 0 Å². The van der Waals surface area contributed by atoms with Crippen LogP contribution in [0.5, 0.6) is 5.75 Å². The molecule has 2 aromatic rings. The molecule has 4 nitrogen and oxygen atoms in total. The highest BCUT2D eigenvalue weighted by Gasteiger charge is 2.56. The minimum atomic E-state index is -0.343. The summed E-state index contributed by atoms with van der Waals surface area (Å²) in [7, 11) is 3.78. The largest absolute Gasteiger partial charge is 0.497 e. The fraction of sp³-hybridized carbons (Fsp3) is 0.435. The molecule has 1 saturated carbocycles. The normalized spacial score (nSPS) is 21.6. The van der Waals surface area contributed by atoms with Gasteiger partial charge >= 0.3 is 0 Å². The minimum Gasteiger partial charge on any atom is -0.497 e. The first kappa shape index (κ1) is 19.3. The predicted octanol–water partition coefficient (Wildman–Crippen LogP) is 4.68. The molecule has 1 amide bonds. The van der Waals surface area contributed by atoms with Crippen molar-refractivity contribution in [3.05, 3.63) is 64.7 Å². The SMILES string of the molecule is COc1ccc(CCN2C(=O)C3(CCCC3)N(C)C2c2ccc(Cl)cc2)cc1. The molecular weight excluding hydrogens is 372 g/mol. The number of amides is 1. The van der Waals surface area contributed by atoms with Gasteiger partial charge in [0.25, 0.3) is 0 Å². The van der Waals surface area contributed by atoms with Crippen LogP contribution in [0, 0.1) is 0 Å². The van der Waals surface area contributed by atoms with Gasteiger partial charge in [0.15, 0.2) is 0 Å². The number of hydrogen-bond donors (Lipinski definition) is 0. The molecule has 1 unspecified atom stereocenters. The van der Waals surface area contributed by atoms with E-state index in [1.165, 1.54) is 5.56 Å². The highest BCUT2D eigenvalue weighted by atomic mass is 35.5. The zero-order chi connectivity index (χ0) is 19.7. The van der Waals surface area contributed by atoms with Gasteiger partial charge in [0.05, 0.1) is 7.11 Å². The summed E-state index contributed by atoms with van der Waals surface area (Å²) in [4.78, 5) is 17.9.